The van der Waals surface area contributed by atoms with Crippen molar-refractivity contribution in [3.05, 3.63) is 202 Å². The number of nitrogens with one attached hydrogen (secondary N) is 1. The number of hydrogen-bond donors (Lipinski definition) is 1. The predicted molar refractivity (Wildman–Crippen MR) is 255 cm³/mol. The van der Waals surface area contributed by atoms with E-state index in [1.807, 2.05) is 0 Å². The Kier molecular flexibility index (Phi) is 9.56. The van der Waals surface area contributed by atoms with E-state index in [1.165, 1.54) is 62.4 Å². The molecule has 0 spiro atoms. The molecule has 5 heteroatoms. The van der Waals surface area contributed by atoms with Crippen molar-refractivity contribution in [1.29, 1.82) is 0 Å². The van der Waals surface area contributed by atoms with Crippen molar-refractivity contribution < 1.29 is 5.01 Å². The third kappa shape index (κ3) is 6.51. The molecule has 6 atom stereocenters. The molecule has 3 heterocycles. The Morgan fingerprint density at radius 2 is 1.62 bits per heavy atom. The van der Waals surface area contributed by atoms with Crippen LogP contribution in [0, 0.1) is 0 Å². The van der Waals surface area contributed by atoms with Gasteiger partial charge < -0.3 is 9.89 Å². The van der Waals surface area contributed by atoms with E-state index < -0.39 is 0 Å². The Balaban J connectivity index is 0.960. The summed E-state index contributed by atoms with van der Waals surface area (Å²) in [6, 6.07) is 32.4. The van der Waals surface area contributed by atoms with E-state index in [0.717, 1.165) is 73.5 Å². The lowest BCUT2D eigenvalue weighted by atomic mass is 9.79. The highest BCUT2D eigenvalue weighted by Crippen LogP contribution is 2.61. The first-order valence-corrected chi connectivity index (χ1v) is 23.7. The normalized spacial score (nSPS) is 27.0. The first-order chi connectivity index (χ1) is 30.3. The van der Waals surface area contributed by atoms with Gasteiger partial charge in [0.15, 0.2) is 0 Å². The molecule has 3 aliphatic heterocycles. The smallest absolute Gasteiger partial charge is 0.141 e. The third-order valence-electron chi connectivity index (χ3n) is 14.3. The monoisotopic (exact) mass is 812 g/mol. The van der Waals surface area contributed by atoms with Crippen molar-refractivity contribution in [2.45, 2.75) is 98.4 Å². The largest absolute Gasteiger partial charge is 0.403 e. The van der Waals surface area contributed by atoms with Crippen LogP contribution in [-0.2, 0) is 0 Å². The number of allylic oxidation sites excluding steroid dienone is 13. The summed E-state index contributed by atoms with van der Waals surface area (Å²) in [5.41, 5.74) is 23.2. The van der Waals surface area contributed by atoms with Crippen LogP contribution in [0.5, 0.6) is 0 Å². The number of aliphatic imine (C=N–C) groups is 1. The molecular formula is C56H52N4S. The summed E-state index contributed by atoms with van der Waals surface area (Å²) in [4.78, 5) is 9.91. The van der Waals surface area contributed by atoms with Crippen molar-refractivity contribution in [2.24, 2.45) is 4.99 Å². The Bertz CT molecular complexity index is 2700. The van der Waals surface area contributed by atoms with Crippen LogP contribution in [0.2, 0.25) is 0 Å². The van der Waals surface area contributed by atoms with Gasteiger partial charge in [0.2, 0.25) is 0 Å². The fourth-order valence-electron chi connectivity index (χ4n) is 11.4. The molecule has 4 aromatic carbocycles. The summed E-state index contributed by atoms with van der Waals surface area (Å²) >= 11 is 2.10. The second kappa shape index (κ2) is 15.7. The van der Waals surface area contributed by atoms with Gasteiger partial charge in [0.1, 0.15) is 11.9 Å². The van der Waals surface area contributed by atoms with E-state index in [0.29, 0.717) is 23.1 Å². The van der Waals surface area contributed by atoms with Gasteiger partial charge in [-0.1, -0.05) is 127 Å². The number of anilines is 1. The average molecular weight is 813 g/mol. The fraction of sp³-hybridized carbons (Fsp3) is 0.268. The number of amidine groups is 1. The number of thioether (sulfide) groups is 1. The van der Waals surface area contributed by atoms with Crippen LogP contribution in [-0.4, -0.2) is 23.3 Å². The number of fused-ring (bicyclic) bond motifs is 7. The van der Waals surface area contributed by atoms with Crippen LogP contribution in [0.15, 0.2) is 179 Å². The fourth-order valence-corrected chi connectivity index (χ4v) is 12.9. The SMILES string of the molecule is C1=CCCC(C2N=C(c3cc(-c4ccccc4C4=CCCC=C4)ccc3C3=CC4Sc5ccc6c(c5C4CC3)N(C3CC=CCC3)C3=CC=CCC36)[N-][NH+]2c2ccccc2)=C1. The van der Waals surface area contributed by atoms with Crippen LogP contribution in [0.3, 0.4) is 0 Å². The van der Waals surface area contributed by atoms with Gasteiger partial charge >= 0.3 is 0 Å². The summed E-state index contributed by atoms with van der Waals surface area (Å²) in [5, 5.41) is 1.45. The van der Waals surface area contributed by atoms with Crippen LogP contribution < -0.4 is 9.91 Å². The van der Waals surface area contributed by atoms with Gasteiger partial charge in [0.25, 0.3) is 0 Å². The summed E-state index contributed by atoms with van der Waals surface area (Å²) in [7, 11) is 0. The van der Waals surface area contributed by atoms with Gasteiger partial charge in [0, 0.05) is 57.4 Å². The first kappa shape index (κ1) is 37.2. The minimum atomic E-state index is -0.0908. The van der Waals surface area contributed by atoms with Gasteiger partial charge in [0.05, 0.1) is 0 Å². The minimum absolute atomic E-state index is 0.0908. The molecule has 0 saturated heterocycles. The molecule has 1 N–H and O–H groups in total. The molecule has 4 aromatic rings. The van der Waals surface area contributed by atoms with Gasteiger partial charge in [-0.05, 0) is 138 Å². The molecular weight excluding hydrogens is 761 g/mol. The minimum Gasteiger partial charge on any atom is -0.403 e. The number of quaternary nitrogens is 1. The first-order valence-electron chi connectivity index (χ1n) is 22.8. The van der Waals surface area contributed by atoms with Crippen LogP contribution in [0.1, 0.15) is 104 Å². The second-order valence-corrected chi connectivity index (χ2v) is 19.0. The average Bonchev–Trinajstić information content (AvgIpc) is 4.05. The molecule has 0 bridgehead atoms. The molecule has 0 fully saturated rings. The van der Waals surface area contributed by atoms with Crippen molar-refractivity contribution in [1.82, 2.24) is 0 Å². The lowest BCUT2D eigenvalue weighted by molar-refractivity contribution is -0.803. The van der Waals surface area contributed by atoms with E-state index in [1.54, 1.807) is 16.8 Å². The Morgan fingerprint density at radius 3 is 2.48 bits per heavy atom. The number of hydrogen-bond acceptors (Lipinski definition) is 3. The molecule has 12 rings (SSSR count). The lowest BCUT2D eigenvalue weighted by Gasteiger charge is -2.36. The lowest BCUT2D eigenvalue weighted by Crippen LogP contribution is -3.06. The number of benzene rings is 4. The Hall–Kier alpha value is -5.62. The van der Waals surface area contributed by atoms with Crippen LogP contribution in [0.25, 0.3) is 27.7 Å². The highest BCUT2D eigenvalue weighted by molar-refractivity contribution is 8.00. The maximum atomic E-state index is 5.60. The van der Waals surface area contributed by atoms with E-state index in [4.69, 9.17) is 10.4 Å². The highest BCUT2D eigenvalue weighted by Gasteiger charge is 2.45. The van der Waals surface area contributed by atoms with Gasteiger partial charge in [-0.25, -0.2) is 0 Å². The summed E-state index contributed by atoms with van der Waals surface area (Å²) < 4.78 is 0. The molecule has 4 nitrogen and oxygen atoms in total. The van der Waals surface area contributed by atoms with E-state index in [-0.39, 0.29) is 6.17 Å². The zero-order valence-corrected chi connectivity index (χ0v) is 35.5. The molecule has 61 heavy (non-hydrogen) atoms. The highest BCUT2D eigenvalue weighted by atomic mass is 32.2. The maximum absolute atomic E-state index is 5.60. The van der Waals surface area contributed by atoms with Crippen molar-refractivity contribution >= 4 is 40.1 Å². The van der Waals surface area contributed by atoms with E-state index in [9.17, 15) is 0 Å². The van der Waals surface area contributed by atoms with E-state index in [2.05, 4.69) is 175 Å². The predicted octanol–water partition coefficient (Wildman–Crippen LogP) is 13.2. The van der Waals surface area contributed by atoms with E-state index >= 15 is 0 Å². The second-order valence-electron chi connectivity index (χ2n) is 17.8. The molecule has 0 amide bonds. The summed E-state index contributed by atoms with van der Waals surface area (Å²) in [5.74, 6) is 1.84. The molecule has 6 unspecified atom stereocenters. The summed E-state index contributed by atoms with van der Waals surface area (Å²) in [6.45, 7) is 0. The Labute approximate surface area is 365 Å². The standard InChI is InChI=1S/C56H52N4S/c1-5-17-37(18-6-1)43-25-13-14-26-44(43)39-29-31-45(49(35-39)55-57-56(38-19-7-2-8-20-38)60(58-55)42-23-11-4-12-24-42)40-30-32-48-52(36-40)61-51-34-33-47-46-27-15-16-28-50(46)59(54(47)53(48)51)41-21-9-3-10-22-41/h2-5,7,9,11-19,23-26,28-29,31,33-36,41,46,48,52,56,60H,1,6,8,10,20-22,27,30,32H2. The van der Waals surface area contributed by atoms with Gasteiger partial charge in [-0.2, -0.15) is 0 Å². The molecule has 8 aliphatic rings. The quantitative estimate of drug-likeness (QED) is 0.189. The van der Waals surface area contributed by atoms with Crippen molar-refractivity contribution in [3.63, 3.8) is 0 Å². The number of para-hydroxylation sites is 1. The number of nitrogens with zero attached hydrogens (tertiary/aromatic N) is 3. The van der Waals surface area contributed by atoms with Crippen LogP contribution >= 0.6 is 11.8 Å². The molecule has 0 aromatic heterocycles. The third-order valence-corrected chi connectivity index (χ3v) is 15.7. The maximum Gasteiger partial charge on any atom is 0.141 e. The van der Waals surface area contributed by atoms with Crippen molar-refractivity contribution in [2.75, 3.05) is 4.90 Å². The molecule has 0 radical (unpaired) electrons. The van der Waals surface area contributed by atoms with Gasteiger partial charge in [-0.3, -0.25) is 10.4 Å². The van der Waals surface area contributed by atoms with Gasteiger partial charge in [-0.15, -0.1) is 11.8 Å². The summed E-state index contributed by atoms with van der Waals surface area (Å²) in [6.07, 6.45) is 39.3. The Morgan fingerprint density at radius 1 is 0.721 bits per heavy atom. The molecule has 5 aliphatic carbocycles. The topological polar surface area (TPSA) is 34.1 Å². The zero-order chi connectivity index (χ0) is 40.3. The van der Waals surface area contributed by atoms with Crippen molar-refractivity contribution in [3.8, 4) is 11.1 Å². The molecule has 0 saturated carbocycles. The molecule has 302 valence electrons. The number of rotatable bonds is 7. The zero-order valence-electron chi connectivity index (χ0n) is 34.7. The van der Waals surface area contributed by atoms with Crippen LogP contribution in [0.4, 0.5) is 11.4 Å².